The molecule has 220 valence electrons. The Hall–Kier alpha value is -4.38. The molecular weight excluding hydrogens is 659 g/mol. The summed E-state index contributed by atoms with van der Waals surface area (Å²) in [7, 11) is 1.53. The Kier molecular flexibility index (Phi) is 9.30. The van der Waals surface area contributed by atoms with Crippen molar-refractivity contribution >= 4 is 63.0 Å². The average molecular weight is 691 g/mol. The van der Waals surface area contributed by atoms with Gasteiger partial charge in [0.05, 0.1) is 23.0 Å². The molecule has 0 saturated carbocycles. The van der Waals surface area contributed by atoms with Crippen molar-refractivity contribution in [2.75, 3.05) is 18.6 Å². The van der Waals surface area contributed by atoms with E-state index in [1.165, 1.54) is 13.2 Å². The van der Waals surface area contributed by atoms with Crippen LogP contribution in [0.3, 0.4) is 0 Å². The van der Waals surface area contributed by atoms with Crippen LogP contribution in [0.5, 0.6) is 17.2 Å². The molecular formula is C34H31IN2O6. The van der Waals surface area contributed by atoms with Crippen LogP contribution >= 0.6 is 22.6 Å². The number of nitrogens with zero attached hydrogens (tertiary/aromatic N) is 1. The Morgan fingerprint density at radius 2 is 1.72 bits per heavy atom. The number of unbranched alkanes of at least 4 members (excludes halogenated alkanes) is 1. The van der Waals surface area contributed by atoms with Crippen LogP contribution in [0, 0.1) is 10.5 Å². The van der Waals surface area contributed by atoms with Crippen LogP contribution in [-0.2, 0) is 16.2 Å². The summed E-state index contributed by atoms with van der Waals surface area (Å²) in [5, 5.41) is 4.52. The monoisotopic (exact) mass is 690 g/mol. The third kappa shape index (κ3) is 6.51. The molecule has 1 fully saturated rings. The van der Waals surface area contributed by atoms with E-state index in [1.807, 2.05) is 12.1 Å². The summed E-state index contributed by atoms with van der Waals surface area (Å²) in [5.74, 6) is 0.135. The van der Waals surface area contributed by atoms with Gasteiger partial charge in [-0.25, -0.2) is 9.69 Å². The van der Waals surface area contributed by atoms with Gasteiger partial charge in [0.25, 0.3) is 11.8 Å². The van der Waals surface area contributed by atoms with Crippen LogP contribution in [0.4, 0.5) is 10.5 Å². The Labute approximate surface area is 263 Å². The van der Waals surface area contributed by atoms with Crippen molar-refractivity contribution in [3.63, 3.8) is 0 Å². The van der Waals surface area contributed by atoms with Crippen LogP contribution in [0.1, 0.15) is 36.5 Å². The number of fused-ring (bicyclic) bond motifs is 1. The normalized spacial score (nSPS) is 14.3. The summed E-state index contributed by atoms with van der Waals surface area (Å²) >= 11 is 2.14. The molecule has 1 N–H and O–H groups in total. The number of hydrogen-bond acceptors (Lipinski definition) is 6. The fourth-order valence-electron chi connectivity index (χ4n) is 4.83. The van der Waals surface area contributed by atoms with Crippen molar-refractivity contribution in [1.29, 1.82) is 0 Å². The van der Waals surface area contributed by atoms with Gasteiger partial charge in [-0.2, -0.15) is 0 Å². The van der Waals surface area contributed by atoms with E-state index in [9.17, 15) is 14.4 Å². The molecule has 4 aromatic rings. The van der Waals surface area contributed by atoms with Gasteiger partial charge in [0.2, 0.25) is 0 Å². The second-order valence-corrected chi connectivity index (χ2v) is 11.2. The molecule has 0 aliphatic carbocycles. The quantitative estimate of drug-likeness (QED) is 0.0820. The molecule has 1 aliphatic rings. The lowest BCUT2D eigenvalue weighted by atomic mass is 10.0. The standard InChI is InChI=1S/C34H31IN2O6/c1-4-5-16-42-25-14-12-24(13-15-25)37-33(39)27(32(38)36-34(37)40)17-22-18-29(35)31(30(19-22)41-3)43-20-28-21(2)10-11-23-8-6-7-9-26(23)28/h6-15,17-19H,4-5,16,20H2,1-3H3,(H,36,38,40)/b27-17-. The Balaban J connectivity index is 1.40. The number of imide groups is 2. The lowest BCUT2D eigenvalue weighted by Crippen LogP contribution is -2.54. The van der Waals surface area contributed by atoms with E-state index in [4.69, 9.17) is 14.2 Å². The van der Waals surface area contributed by atoms with Crippen LogP contribution in [0.2, 0.25) is 0 Å². The number of amides is 4. The zero-order chi connectivity index (χ0) is 30.5. The van der Waals surface area contributed by atoms with Gasteiger partial charge in [-0.1, -0.05) is 49.7 Å². The first kappa shape index (κ1) is 30.1. The molecule has 0 atom stereocenters. The van der Waals surface area contributed by atoms with E-state index >= 15 is 0 Å². The van der Waals surface area contributed by atoms with E-state index in [0.29, 0.717) is 41.7 Å². The Morgan fingerprint density at radius 3 is 2.47 bits per heavy atom. The number of carbonyl (C=O) groups excluding carboxylic acids is 3. The molecule has 1 saturated heterocycles. The number of halogens is 1. The van der Waals surface area contributed by atoms with Gasteiger partial charge in [0.1, 0.15) is 17.9 Å². The van der Waals surface area contributed by atoms with Gasteiger partial charge in [-0.3, -0.25) is 14.9 Å². The minimum Gasteiger partial charge on any atom is -0.494 e. The average Bonchev–Trinajstić information content (AvgIpc) is 3.00. The molecule has 0 unspecified atom stereocenters. The lowest BCUT2D eigenvalue weighted by Gasteiger charge is -2.26. The van der Waals surface area contributed by atoms with Crippen molar-refractivity contribution in [1.82, 2.24) is 5.32 Å². The summed E-state index contributed by atoms with van der Waals surface area (Å²) < 4.78 is 18.3. The zero-order valence-corrected chi connectivity index (χ0v) is 26.3. The predicted molar refractivity (Wildman–Crippen MR) is 175 cm³/mol. The topological polar surface area (TPSA) is 94.2 Å². The number of aryl methyl sites for hydroxylation is 1. The van der Waals surface area contributed by atoms with Crippen LogP contribution < -0.4 is 24.4 Å². The fourth-order valence-corrected chi connectivity index (χ4v) is 5.61. The smallest absolute Gasteiger partial charge is 0.335 e. The number of anilines is 1. The second kappa shape index (κ2) is 13.3. The fraction of sp³-hybridized carbons (Fsp3) is 0.206. The van der Waals surface area contributed by atoms with E-state index < -0.39 is 17.8 Å². The minimum atomic E-state index is -0.813. The Morgan fingerprint density at radius 1 is 0.953 bits per heavy atom. The molecule has 0 spiro atoms. The summed E-state index contributed by atoms with van der Waals surface area (Å²) in [6.45, 7) is 5.04. The molecule has 4 amide bonds. The molecule has 8 nitrogen and oxygen atoms in total. The lowest BCUT2D eigenvalue weighted by molar-refractivity contribution is -0.122. The van der Waals surface area contributed by atoms with Crippen molar-refractivity contribution < 1.29 is 28.6 Å². The first-order valence-electron chi connectivity index (χ1n) is 13.9. The molecule has 9 heteroatoms. The first-order valence-corrected chi connectivity index (χ1v) is 15.0. The molecule has 43 heavy (non-hydrogen) atoms. The summed E-state index contributed by atoms with van der Waals surface area (Å²) in [5.41, 5.74) is 2.89. The van der Waals surface area contributed by atoms with Gasteiger partial charge >= 0.3 is 6.03 Å². The molecule has 0 radical (unpaired) electrons. The maximum Gasteiger partial charge on any atom is 0.335 e. The number of methoxy groups -OCH3 is 1. The number of hydrogen-bond donors (Lipinski definition) is 1. The number of urea groups is 1. The highest BCUT2D eigenvalue weighted by molar-refractivity contribution is 14.1. The van der Waals surface area contributed by atoms with Gasteiger partial charge < -0.3 is 14.2 Å². The third-order valence-corrected chi connectivity index (χ3v) is 7.96. The van der Waals surface area contributed by atoms with E-state index in [2.05, 4.69) is 66.0 Å². The maximum atomic E-state index is 13.4. The number of ether oxygens (including phenoxy) is 3. The predicted octanol–water partition coefficient (Wildman–Crippen LogP) is 7.19. The summed E-state index contributed by atoms with van der Waals surface area (Å²) in [6, 6.07) is 21.6. The van der Waals surface area contributed by atoms with Gasteiger partial charge in [-0.05, 0) is 100 Å². The SMILES string of the molecule is CCCCOc1ccc(N2C(=O)NC(=O)/C(=C/c3cc(I)c(OCc4c(C)ccc5ccccc45)c(OC)c3)C2=O)cc1. The van der Waals surface area contributed by atoms with E-state index in [1.54, 1.807) is 36.4 Å². The summed E-state index contributed by atoms with van der Waals surface area (Å²) in [4.78, 5) is 39.8. The minimum absolute atomic E-state index is 0.180. The van der Waals surface area contributed by atoms with Crippen molar-refractivity contribution in [3.8, 4) is 17.2 Å². The highest BCUT2D eigenvalue weighted by Crippen LogP contribution is 2.36. The van der Waals surface area contributed by atoms with Gasteiger partial charge in [-0.15, -0.1) is 0 Å². The zero-order valence-electron chi connectivity index (χ0n) is 24.1. The molecule has 1 heterocycles. The largest absolute Gasteiger partial charge is 0.494 e. The number of nitrogens with one attached hydrogen (secondary N) is 1. The van der Waals surface area contributed by atoms with Gasteiger partial charge in [0.15, 0.2) is 11.5 Å². The van der Waals surface area contributed by atoms with Crippen molar-refractivity contribution in [2.45, 2.75) is 33.3 Å². The number of rotatable bonds is 10. The first-order chi connectivity index (χ1) is 20.8. The highest BCUT2D eigenvalue weighted by Gasteiger charge is 2.37. The molecule has 1 aliphatic heterocycles. The second-order valence-electron chi connectivity index (χ2n) is 10.1. The van der Waals surface area contributed by atoms with Crippen molar-refractivity contribution in [2.24, 2.45) is 0 Å². The summed E-state index contributed by atoms with van der Waals surface area (Å²) in [6.07, 6.45) is 3.38. The maximum absolute atomic E-state index is 13.4. The van der Waals surface area contributed by atoms with E-state index in [-0.39, 0.29) is 5.57 Å². The van der Waals surface area contributed by atoms with Crippen LogP contribution in [0.15, 0.2) is 78.4 Å². The molecule has 0 aromatic heterocycles. The number of carbonyl (C=O) groups is 3. The van der Waals surface area contributed by atoms with Crippen LogP contribution in [-0.4, -0.2) is 31.6 Å². The molecule has 4 aromatic carbocycles. The third-order valence-electron chi connectivity index (χ3n) is 7.16. The number of barbiturate groups is 1. The molecule has 0 bridgehead atoms. The van der Waals surface area contributed by atoms with E-state index in [0.717, 1.165) is 43.2 Å². The van der Waals surface area contributed by atoms with Crippen molar-refractivity contribution in [3.05, 3.63) is 98.6 Å². The number of benzene rings is 4. The highest BCUT2D eigenvalue weighted by atomic mass is 127. The van der Waals surface area contributed by atoms with Crippen LogP contribution in [0.25, 0.3) is 16.8 Å². The Bertz CT molecular complexity index is 1730. The van der Waals surface area contributed by atoms with Gasteiger partial charge in [0, 0.05) is 5.56 Å². The molecule has 5 rings (SSSR count).